The van der Waals surface area contributed by atoms with Gasteiger partial charge in [-0.25, -0.2) is 4.79 Å². The second-order valence-corrected chi connectivity index (χ2v) is 6.46. The zero-order valence-electron chi connectivity index (χ0n) is 15.1. The smallest absolute Gasteiger partial charge is 0.319 e. The van der Waals surface area contributed by atoms with Gasteiger partial charge in [0.2, 0.25) is 5.91 Å². The fourth-order valence-corrected chi connectivity index (χ4v) is 2.45. The number of hydrogen-bond acceptors (Lipinski definition) is 3. The normalized spacial score (nSPS) is 10.5. The Morgan fingerprint density at radius 1 is 0.923 bits per heavy atom. The van der Waals surface area contributed by atoms with Crippen molar-refractivity contribution in [3.8, 4) is 0 Å². The van der Waals surface area contributed by atoms with E-state index in [9.17, 15) is 14.7 Å². The van der Waals surface area contributed by atoms with E-state index in [-0.39, 0.29) is 18.5 Å². The van der Waals surface area contributed by atoms with Crippen LogP contribution in [0, 0.1) is 5.92 Å². The Morgan fingerprint density at radius 2 is 1.50 bits per heavy atom. The van der Waals surface area contributed by atoms with E-state index in [2.05, 4.69) is 16.0 Å². The van der Waals surface area contributed by atoms with E-state index in [4.69, 9.17) is 0 Å². The van der Waals surface area contributed by atoms with Crippen LogP contribution in [0.2, 0.25) is 0 Å². The Hall–Kier alpha value is -2.86. The molecule has 2 rings (SSSR count). The van der Waals surface area contributed by atoms with Crippen molar-refractivity contribution in [2.24, 2.45) is 5.92 Å². The van der Waals surface area contributed by atoms with Crippen LogP contribution in [0.3, 0.4) is 0 Å². The molecule has 4 N–H and O–H groups in total. The number of urea groups is 1. The molecule has 6 nitrogen and oxygen atoms in total. The number of carbonyl (C=O) groups is 2. The van der Waals surface area contributed by atoms with Crippen molar-refractivity contribution >= 4 is 23.3 Å². The van der Waals surface area contributed by atoms with E-state index in [1.165, 1.54) is 0 Å². The maximum atomic E-state index is 12.0. The monoisotopic (exact) mass is 355 g/mol. The lowest BCUT2D eigenvalue weighted by Gasteiger charge is -2.11. The minimum Gasteiger partial charge on any atom is -0.392 e. The van der Waals surface area contributed by atoms with Crippen molar-refractivity contribution in [2.45, 2.75) is 33.4 Å². The Kier molecular flexibility index (Phi) is 7.17. The third-order valence-corrected chi connectivity index (χ3v) is 3.75. The van der Waals surface area contributed by atoms with Gasteiger partial charge in [-0.3, -0.25) is 4.79 Å². The van der Waals surface area contributed by atoms with E-state index >= 15 is 0 Å². The average molecular weight is 355 g/mol. The molecular weight excluding hydrogens is 330 g/mol. The summed E-state index contributed by atoms with van der Waals surface area (Å²) < 4.78 is 0. The molecule has 0 saturated carbocycles. The number of rotatable bonds is 7. The molecule has 0 aliphatic rings. The van der Waals surface area contributed by atoms with Gasteiger partial charge in [0.1, 0.15) is 0 Å². The molecule has 138 valence electrons. The lowest BCUT2D eigenvalue weighted by Crippen LogP contribution is -2.28. The molecule has 0 unspecified atom stereocenters. The molecule has 0 aliphatic heterocycles. The SMILES string of the molecule is CC(C)CC(=O)Nc1ccc(NC(=O)NCc2ccccc2CO)cc1. The first-order valence-electron chi connectivity index (χ1n) is 8.60. The van der Waals surface area contributed by atoms with Gasteiger partial charge in [0, 0.05) is 24.3 Å². The first kappa shape index (κ1) is 19.5. The topological polar surface area (TPSA) is 90.5 Å². The Labute approximate surface area is 153 Å². The molecule has 0 radical (unpaired) electrons. The van der Waals surface area contributed by atoms with Gasteiger partial charge in [0.25, 0.3) is 0 Å². The number of benzene rings is 2. The van der Waals surface area contributed by atoms with E-state index in [1.807, 2.05) is 38.1 Å². The van der Waals surface area contributed by atoms with Crippen molar-refractivity contribution in [2.75, 3.05) is 10.6 Å². The molecule has 6 heteroatoms. The minimum absolute atomic E-state index is 0.0269. The van der Waals surface area contributed by atoms with Gasteiger partial charge in [0.15, 0.2) is 0 Å². The number of carbonyl (C=O) groups excluding carboxylic acids is 2. The van der Waals surface area contributed by atoms with Crippen LogP contribution in [0.25, 0.3) is 0 Å². The summed E-state index contributed by atoms with van der Waals surface area (Å²) in [6.45, 7) is 4.24. The zero-order chi connectivity index (χ0) is 18.9. The molecule has 0 spiro atoms. The van der Waals surface area contributed by atoms with Crippen molar-refractivity contribution in [1.29, 1.82) is 0 Å². The summed E-state index contributed by atoms with van der Waals surface area (Å²) >= 11 is 0. The van der Waals surface area contributed by atoms with E-state index in [1.54, 1.807) is 24.3 Å². The fourth-order valence-electron chi connectivity index (χ4n) is 2.45. The molecule has 0 bridgehead atoms. The predicted molar refractivity (Wildman–Crippen MR) is 103 cm³/mol. The summed E-state index contributed by atoms with van der Waals surface area (Å²) in [4.78, 5) is 23.8. The van der Waals surface area contributed by atoms with Gasteiger partial charge < -0.3 is 21.1 Å². The van der Waals surface area contributed by atoms with Crippen LogP contribution in [-0.2, 0) is 17.9 Å². The predicted octanol–water partition coefficient (Wildman–Crippen LogP) is 3.49. The van der Waals surface area contributed by atoms with Crippen LogP contribution in [0.4, 0.5) is 16.2 Å². The summed E-state index contributed by atoms with van der Waals surface area (Å²) in [6.07, 6.45) is 0.470. The van der Waals surface area contributed by atoms with Crippen LogP contribution >= 0.6 is 0 Å². The molecule has 2 aromatic carbocycles. The third-order valence-electron chi connectivity index (χ3n) is 3.75. The van der Waals surface area contributed by atoms with Crippen LogP contribution in [0.15, 0.2) is 48.5 Å². The van der Waals surface area contributed by atoms with Crippen LogP contribution in [-0.4, -0.2) is 17.0 Å². The largest absolute Gasteiger partial charge is 0.392 e. The highest BCUT2D eigenvalue weighted by atomic mass is 16.3. The Balaban J connectivity index is 1.84. The number of anilines is 2. The van der Waals surface area contributed by atoms with E-state index in [0.29, 0.717) is 30.3 Å². The summed E-state index contributed by atoms with van der Waals surface area (Å²) in [5.74, 6) is 0.275. The standard InChI is InChI=1S/C20H25N3O3/c1-14(2)11-19(25)22-17-7-9-18(10-8-17)23-20(26)21-12-15-5-3-4-6-16(15)13-24/h3-10,14,24H,11-13H2,1-2H3,(H,22,25)(H2,21,23,26). The van der Waals surface area contributed by atoms with Gasteiger partial charge in [-0.05, 0) is 41.3 Å². The van der Waals surface area contributed by atoms with Crippen LogP contribution < -0.4 is 16.0 Å². The Bertz CT molecular complexity index is 742. The molecule has 0 saturated heterocycles. The number of hydrogen-bond donors (Lipinski definition) is 4. The van der Waals surface area contributed by atoms with E-state index < -0.39 is 0 Å². The van der Waals surface area contributed by atoms with Crippen molar-refractivity contribution in [1.82, 2.24) is 5.32 Å². The number of amides is 3. The molecule has 26 heavy (non-hydrogen) atoms. The van der Waals surface area contributed by atoms with Crippen molar-refractivity contribution < 1.29 is 14.7 Å². The molecule has 0 aliphatic carbocycles. The quantitative estimate of drug-likeness (QED) is 0.613. The van der Waals surface area contributed by atoms with Crippen LogP contribution in [0.5, 0.6) is 0 Å². The maximum absolute atomic E-state index is 12.0. The lowest BCUT2D eigenvalue weighted by atomic mass is 10.1. The van der Waals surface area contributed by atoms with Gasteiger partial charge in [-0.15, -0.1) is 0 Å². The lowest BCUT2D eigenvalue weighted by molar-refractivity contribution is -0.116. The van der Waals surface area contributed by atoms with Gasteiger partial charge in [-0.1, -0.05) is 38.1 Å². The van der Waals surface area contributed by atoms with Gasteiger partial charge >= 0.3 is 6.03 Å². The van der Waals surface area contributed by atoms with Crippen LogP contribution in [0.1, 0.15) is 31.4 Å². The molecule has 0 atom stereocenters. The summed E-state index contributed by atoms with van der Waals surface area (Å²) in [5, 5.41) is 17.6. The molecule has 3 amide bonds. The Morgan fingerprint density at radius 3 is 2.08 bits per heavy atom. The van der Waals surface area contributed by atoms with Gasteiger partial charge in [0.05, 0.1) is 6.61 Å². The molecule has 0 fully saturated rings. The minimum atomic E-state index is -0.339. The molecule has 0 heterocycles. The molecular formula is C20H25N3O3. The number of nitrogens with one attached hydrogen (secondary N) is 3. The first-order valence-corrected chi connectivity index (χ1v) is 8.60. The average Bonchev–Trinajstić information content (AvgIpc) is 2.61. The summed E-state index contributed by atoms with van der Waals surface area (Å²) in [7, 11) is 0. The second-order valence-electron chi connectivity index (χ2n) is 6.46. The number of aliphatic hydroxyl groups is 1. The van der Waals surface area contributed by atoms with E-state index in [0.717, 1.165) is 11.1 Å². The van der Waals surface area contributed by atoms with Crippen molar-refractivity contribution in [3.05, 3.63) is 59.7 Å². The summed E-state index contributed by atoms with van der Waals surface area (Å²) in [5.41, 5.74) is 2.97. The first-order chi connectivity index (χ1) is 12.5. The number of aliphatic hydroxyl groups excluding tert-OH is 1. The van der Waals surface area contributed by atoms with Gasteiger partial charge in [-0.2, -0.15) is 0 Å². The zero-order valence-corrected chi connectivity index (χ0v) is 15.1. The highest BCUT2D eigenvalue weighted by Gasteiger charge is 2.07. The maximum Gasteiger partial charge on any atom is 0.319 e. The summed E-state index contributed by atoms with van der Waals surface area (Å²) in [6, 6.07) is 14.0. The highest BCUT2D eigenvalue weighted by Crippen LogP contribution is 2.15. The second kappa shape index (κ2) is 9.58. The molecule has 0 aromatic heterocycles. The third kappa shape index (κ3) is 6.22. The fraction of sp³-hybridized carbons (Fsp3) is 0.300. The van der Waals surface area contributed by atoms with Crippen molar-refractivity contribution in [3.63, 3.8) is 0 Å². The highest BCUT2D eigenvalue weighted by molar-refractivity contribution is 5.92. The molecule has 2 aromatic rings.